The molecule has 1 fully saturated rings. The Bertz CT molecular complexity index is 1110. The molecule has 0 bridgehead atoms. The third-order valence-electron chi connectivity index (χ3n) is 5.57. The van der Waals surface area contributed by atoms with Crippen LogP contribution in [0.1, 0.15) is 52.0 Å². The molecule has 0 aliphatic heterocycles. The van der Waals surface area contributed by atoms with E-state index in [0.29, 0.717) is 11.6 Å². The van der Waals surface area contributed by atoms with E-state index in [1.165, 1.54) is 6.07 Å². The molecule has 0 unspecified atom stereocenters. The van der Waals surface area contributed by atoms with Gasteiger partial charge in [-0.05, 0) is 25.0 Å². The molecular weight excluding hydrogens is 475 g/mol. The van der Waals surface area contributed by atoms with E-state index < -0.39 is 72.4 Å². The fourth-order valence-corrected chi connectivity index (χ4v) is 4.12. The van der Waals surface area contributed by atoms with Crippen molar-refractivity contribution in [1.82, 2.24) is 14.8 Å². The first-order valence-electron chi connectivity index (χ1n) is 9.97. The first kappa shape index (κ1) is 25.4. The van der Waals surface area contributed by atoms with E-state index in [1.54, 1.807) is 0 Å². The van der Waals surface area contributed by atoms with Gasteiger partial charge in [0.1, 0.15) is 17.1 Å². The summed E-state index contributed by atoms with van der Waals surface area (Å²) < 4.78 is 96.5. The molecule has 3 rings (SSSR count). The number of primary amides is 1. The number of carbonyl (C=O) groups is 2. The summed E-state index contributed by atoms with van der Waals surface area (Å²) in [5.41, 5.74) is 3.16. The molecule has 2 atom stereocenters. The van der Waals surface area contributed by atoms with Crippen LogP contribution in [-0.2, 0) is 12.5 Å². The van der Waals surface area contributed by atoms with E-state index in [0.717, 1.165) is 19.2 Å². The Morgan fingerprint density at radius 1 is 1.24 bits per heavy atom. The van der Waals surface area contributed by atoms with Crippen molar-refractivity contribution in [2.45, 2.75) is 51.3 Å². The Morgan fingerprint density at radius 3 is 2.44 bits per heavy atom. The zero-order valence-corrected chi connectivity index (χ0v) is 17.9. The largest absolute Gasteiger partial charge is 0.392 e. The molecule has 1 aliphatic rings. The molecule has 0 radical (unpaired) electrons. The maximum absolute atomic E-state index is 14.1. The van der Waals surface area contributed by atoms with Gasteiger partial charge in [-0.2, -0.15) is 27.1 Å². The number of nitrogens with zero attached hydrogens (tertiary/aromatic N) is 3. The summed E-state index contributed by atoms with van der Waals surface area (Å²) in [5, 5.41) is 5.94. The summed E-state index contributed by atoms with van der Waals surface area (Å²) in [7, 11) is 0. The highest BCUT2D eigenvalue weighted by molar-refractivity contribution is 6.04. The van der Waals surface area contributed by atoms with Gasteiger partial charge in [-0.3, -0.25) is 19.3 Å². The molecule has 186 valence electrons. The number of carbonyl (C=O) groups excluding carboxylic acids is 2. The standard InChI is InChI=1S/C20H20F7N5O2/c1-9-14(17(34)30-11-3-4-29-13(5-11)16(28)33)32(31-15(9)18(2,21)22)8-10-6-19(23,24)7-12(10)20(25,26)27/h3-5,10,12H,6-8H2,1-2H3,(H2,28,33)(H,29,30,34)/t10-,12+/m0/s1. The van der Waals surface area contributed by atoms with Crippen LogP contribution in [0.15, 0.2) is 18.3 Å². The van der Waals surface area contributed by atoms with E-state index >= 15 is 0 Å². The Labute approximate surface area is 188 Å². The summed E-state index contributed by atoms with van der Waals surface area (Å²) in [6, 6.07) is 2.36. The fraction of sp³-hybridized carbons (Fsp3) is 0.500. The summed E-state index contributed by atoms with van der Waals surface area (Å²) in [4.78, 5) is 27.9. The Kier molecular flexibility index (Phi) is 6.39. The number of aromatic nitrogens is 3. The van der Waals surface area contributed by atoms with Gasteiger partial charge in [0, 0.05) is 43.8 Å². The number of rotatable bonds is 6. The van der Waals surface area contributed by atoms with Gasteiger partial charge in [-0.25, -0.2) is 8.78 Å². The van der Waals surface area contributed by atoms with Crippen LogP contribution in [0, 0.1) is 18.8 Å². The molecule has 2 aromatic heterocycles. The summed E-state index contributed by atoms with van der Waals surface area (Å²) in [6.07, 6.45) is -6.39. The third kappa shape index (κ3) is 5.30. The zero-order chi connectivity index (χ0) is 25.6. The molecular formula is C20H20F7N5O2. The van der Waals surface area contributed by atoms with Gasteiger partial charge in [0.2, 0.25) is 5.92 Å². The molecule has 2 aromatic rings. The number of hydrogen-bond acceptors (Lipinski definition) is 4. The SMILES string of the molecule is Cc1c(C(C)(F)F)nn(C[C@@H]2CC(F)(F)C[C@H]2C(F)(F)F)c1C(=O)Nc1ccnc(C(N)=O)c1. The van der Waals surface area contributed by atoms with Gasteiger partial charge < -0.3 is 11.1 Å². The van der Waals surface area contributed by atoms with Crippen molar-refractivity contribution in [2.24, 2.45) is 17.6 Å². The van der Waals surface area contributed by atoms with Crippen molar-refractivity contribution in [3.8, 4) is 0 Å². The van der Waals surface area contributed by atoms with Crippen LogP contribution in [0.4, 0.5) is 36.4 Å². The number of anilines is 1. The molecule has 7 nitrogen and oxygen atoms in total. The van der Waals surface area contributed by atoms with Gasteiger partial charge in [0.25, 0.3) is 17.7 Å². The lowest BCUT2D eigenvalue weighted by atomic mass is 9.95. The van der Waals surface area contributed by atoms with Crippen LogP contribution in [0.3, 0.4) is 0 Å². The smallest absolute Gasteiger partial charge is 0.364 e. The summed E-state index contributed by atoms with van der Waals surface area (Å²) >= 11 is 0. The molecule has 2 amide bonds. The van der Waals surface area contributed by atoms with Crippen molar-refractivity contribution in [2.75, 3.05) is 5.32 Å². The molecule has 1 saturated carbocycles. The highest BCUT2D eigenvalue weighted by Crippen LogP contribution is 2.50. The highest BCUT2D eigenvalue weighted by Gasteiger charge is 2.57. The van der Waals surface area contributed by atoms with E-state index in [4.69, 9.17) is 5.73 Å². The van der Waals surface area contributed by atoms with Gasteiger partial charge in [-0.1, -0.05) is 0 Å². The predicted molar refractivity (Wildman–Crippen MR) is 104 cm³/mol. The molecule has 0 spiro atoms. The van der Waals surface area contributed by atoms with Gasteiger partial charge >= 0.3 is 6.18 Å². The Hall–Kier alpha value is -3.19. The van der Waals surface area contributed by atoms with Crippen LogP contribution >= 0.6 is 0 Å². The maximum atomic E-state index is 14.1. The van der Waals surface area contributed by atoms with Gasteiger partial charge in [0.15, 0.2) is 0 Å². The molecule has 2 heterocycles. The maximum Gasteiger partial charge on any atom is 0.392 e. The second kappa shape index (κ2) is 8.55. The monoisotopic (exact) mass is 495 g/mol. The second-order valence-electron chi connectivity index (χ2n) is 8.31. The first-order chi connectivity index (χ1) is 15.5. The van der Waals surface area contributed by atoms with Crippen molar-refractivity contribution >= 4 is 17.5 Å². The minimum Gasteiger partial charge on any atom is -0.364 e. The van der Waals surface area contributed by atoms with Crippen molar-refractivity contribution < 1.29 is 40.3 Å². The lowest BCUT2D eigenvalue weighted by molar-refractivity contribution is -0.188. The van der Waals surface area contributed by atoms with Gasteiger partial charge in [0.05, 0.1) is 5.92 Å². The Morgan fingerprint density at radius 2 is 1.88 bits per heavy atom. The predicted octanol–water partition coefficient (Wildman–Crippen LogP) is 4.27. The van der Waals surface area contributed by atoms with E-state index in [1.807, 2.05) is 0 Å². The van der Waals surface area contributed by atoms with Crippen molar-refractivity contribution in [3.05, 3.63) is 41.0 Å². The van der Waals surface area contributed by atoms with Gasteiger partial charge in [-0.15, -0.1) is 0 Å². The molecule has 34 heavy (non-hydrogen) atoms. The lowest BCUT2D eigenvalue weighted by Gasteiger charge is -2.22. The van der Waals surface area contributed by atoms with Crippen LogP contribution in [0.2, 0.25) is 0 Å². The van der Waals surface area contributed by atoms with Crippen LogP contribution in [-0.4, -0.2) is 38.7 Å². The van der Waals surface area contributed by atoms with E-state index in [2.05, 4.69) is 15.4 Å². The second-order valence-corrected chi connectivity index (χ2v) is 8.31. The number of hydrogen-bond donors (Lipinski definition) is 2. The fourth-order valence-electron chi connectivity index (χ4n) is 4.12. The molecule has 0 aromatic carbocycles. The number of nitrogens with one attached hydrogen (secondary N) is 1. The normalized spacial score (nSPS) is 20.4. The first-order valence-corrected chi connectivity index (χ1v) is 9.97. The molecule has 1 aliphatic carbocycles. The number of nitrogens with two attached hydrogens (primary N) is 1. The van der Waals surface area contributed by atoms with Crippen LogP contribution < -0.4 is 11.1 Å². The van der Waals surface area contributed by atoms with E-state index in [-0.39, 0.29) is 16.9 Å². The topological polar surface area (TPSA) is 103 Å². The highest BCUT2D eigenvalue weighted by atomic mass is 19.4. The van der Waals surface area contributed by atoms with Crippen molar-refractivity contribution in [1.29, 1.82) is 0 Å². The van der Waals surface area contributed by atoms with Crippen LogP contribution in [0.25, 0.3) is 0 Å². The lowest BCUT2D eigenvalue weighted by Crippen LogP contribution is -2.30. The summed E-state index contributed by atoms with van der Waals surface area (Å²) in [5.74, 6) is -13.2. The molecule has 0 saturated heterocycles. The average molecular weight is 495 g/mol. The van der Waals surface area contributed by atoms with Crippen molar-refractivity contribution in [3.63, 3.8) is 0 Å². The molecule has 14 heteroatoms. The molecule has 3 N–H and O–H groups in total. The third-order valence-corrected chi connectivity index (χ3v) is 5.57. The Balaban J connectivity index is 2.00. The quantitative estimate of drug-likeness (QED) is 0.585. The minimum absolute atomic E-state index is 0.00803. The minimum atomic E-state index is -4.95. The number of alkyl halides is 7. The van der Waals surface area contributed by atoms with E-state index in [9.17, 15) is 40.3 Å². The average Bonchev–Trinajstić information content (AvgIpc) is 3.17. The number of pyridine rings is 1. The van der Waals surface area contributed by atoms with Crippen LogP contribution in [0.5, 0.6) is 0 Å². The zero-order valence-electron chi connectivity index (χ0n) is 17.9. The summed E-state index contributed by atoms with van der Waals surface area (Å²) in [6.45, 7) is 0.776. The number of amides is 2. The number of halogens is 7.